The first kappa shape index (κ1) is 33.7. The number of nitrogens with one attached hydrogen (secondary N) is 1. The van der Waals surface area contributed by atoms with Crippen LogP contribution in [0.2, 0.25) is 0 Å². The topological polar surface area (TPSA) is 345 Å². The number of imidazole rings is 2. The summed E-state index contributed by atoms with van der Waals surface area (Å²) in [5, 5.41) is 22.5. The van der Waals surface area contributed by atoms with Gasteiger partial charge in [0.15, 0.2) is 53.6 Å². The Morgan fingerprint density at radius 1 is 0.898 bits per heavy atom. The zero-order chi connectivity index (χ0) is 34.8. The van der Waals surface area contributed by atoms with Crippen LogP contribution >= 0.6 is 16.3 Å². The Bertz CT molecular complexity index is 1990. The lowest BCUT2D eigenvalue weighted by atomic mass is 10.1. The Balaban J connectivity index is 1.16. The van der Waals surface area contributed by atoms with Gasteiger partial charge < -0.3 is 35.9 Å². The van der Waals surface area contributed by atoms with Crippen LogP contribution in [0.1, 0.15) is 12.5 Å². The summed E-state index contributed by atoms with van der Waals surface area (Å²) in [4.78, 5) is 78.0. The molecule has 7 heterocycles. The number of fused-ring (bicyclic) bond motifs is 4. The van der Waals surface area contributed by atoms with Gasteiger partial charge in [0, 0.05) is 0 Å². The van der Waals surface area contributed by atoms with Gasteiger partial charge in [-0.25, -0.2) is 9.97 Å². The molecule has 0 amide bonds. The van der Waals surface area contributed by atoms with Crippen LogP contribution in [0.4, 0.5) is 11.9 Å². The van der Waals surface area contributed by atoms with Crippen molar-refractivity contribution in [2.24, 2.45) is 0 Å². The highest BCUT2D eigenvalue weighted by Gasteiger charge is 2.61. The summed E-state index contributed by atoms with van der Waals surface area (Å²) < 4.78 is 40.9. The van der Waals surface area contributed by atoms with Gasteiger partial charge in [0.25, 0.3) is 5.56 Å². The molecule has 8 atom stereocenters. The monoisotopic (exact) mass is 730 g/mol. The Hall–Kier alpha value is -3.76. The molecular weight excluding hydrogens is 702 g/mol. The molecule has 0 bridgehead atoms. The Kier molecular flexibility index (Phi) is 8.63. The number of hydrogen-bond donors (Lipinski definition) is 9. The summed E-state index contributed by atoms with van der Waals surface area (Å²) >= 11 is 0. The average Bonchev–Trinajstić information content (AvgIpc) is 3.79. The van der Waals surface area contributed by atoms with E-state index in [1.807, 2.05) is 0 Å². The molecule has 49 heavy (non-hydrogen) atoms. The van der Waals surface area contributed by atoms with Gasteiger partial charge in [-0.1, -0.05) is 5.92 Å². The largest absolute Gasteiger partial charge is 0.570 e. The Labute approximate surface area is 273 Å². The molecule has 11 N–H and O–H groups in total. The van der Waals surface area contributed by atoms with E-state index in [9.17, 15) is 34.6 Å². The van der Waals surface area contributed by atoms with E-state index in [-0.39, 0.29) is 46.7 Å². The summed E-state index contributed by atoms with van der Waals surface area (Å²) in [6.45, 7) is -1.71. The third-order valence-electron chi connectivity index (χ3n) is 7.65. The second kappa shape index (κ2) is 12.5. The molecule has 0 aliphatic carbocycles. The fourth-order valence-corrected chi connectivity index (χ4v) is 7.54. The molecule has 262 valence electrons. The third kappa shape index (κ3) is 6.27. The summed E-state index contributed by atoms with van der Waals surface area (Å²) in [5.74, 6) is 1.73. The van der Waals surface area contributed by atoms with Crippen molar-refractivity contribution in [2.45, 2.75) is 49.1 Å². The molecule has 0 radical (unpaired) electrons. The maximum Gasteiger partial charge on any atom is 0.570 e. The van der Waals surface area contributed by atoms with Gasteiger partial charge in [0.05, 0.1) is 12.7 Å². The van der Waals surface area contributed by atoms with Crippen molar-refractivity contribution in [2.75, 3.05) is 31.3 Å². The molecular formula is C23H28N10O14P2+2. The summed E-state index contributed by atoms with van der Waals surface area (Å²) in [6.07, 6.45) is -4.84. The zero-order valence-electron chi connectivity index (χ0n) is 24.6. The number of nitrogens with two attached hydrogens (primary N) is 2. The maximum absolute atomic E-state index is 12.3. The van der Waals surface area contributed by atoms with Gasteiger partial charge in [0.2, 0.25) is 17.8 Å². The van der Waals surface area contributed by atoms with E-state index in [2.05, 4.69) is 35.8 Å². The van der Waals surface area contributed by atoms with Crippen molar-refractivity contribution in [3.8, 4) is 18.2 Å². The molecule has 3 fully saturated rings. The van der Waals surface area contributed by atoms with E-state index >= 15 is 0 Å². The molecule has 3 aliphatic heterocycles. The Morgan fingerprint density at radius 3 is 1.98 bits per heavy atom. The van der Waals surface area contributed by atoms with Gasteiger partial charge in [-0.05, 0) is 0 Å². The fourth-order valence-electron chi connectivity index (χ4n) is 5.58. The number of terminal acetylenes is 1. The lowest BCUT2D eigenvalue weighted by Gasteiger charge is -2.24. The first-order valence-corrected chi connectivity index (χ1v) is 17.1. The van der Waals surface area contributed by atoms with Gasteiger partial charge in [-0.15, -0.1) is 15.5 Å². The predicted octanol–water partition coefficient (Wildman–Crippen LogP) is -3.21. The van der Waals surface area contributed by atoms with Gasteiger partial charge in [0.1, 0.15) is 37.6 Å². The first-order valence-electron chi connectivity index (χ1n) is 14.1. The quantitative estimate of drug-likeness (QED) is 0.0737. The van der Waals surface area contributed by atoms with Crippen LogP contribution in [0, 0.1) is 12.3 Å². The molecule has 7 rings (SSSR count). The smallest absolute Gasteiger partial charge is 0.463 e. The highest BCUT2D eigenvalue weighted by atomic mass is 31.2. The van der Waals surface area contributed by atoms with Crippen molar-refractivity contribution in [1.82, 2.24) is 39.0 Å². The standard InChI is InChI=1S/C23H27N10O14P2/c1-2-3-41-19-11-17(29-23(25)31-19)33(7-27-11)21-13(35)15-9(45-21)5-43-48(37,38)46-14-8(4-42-49(39,40)47-15)44-20(12(14)34)32-6-26-10-16(32)28-22(24)30-18(10)36/h1,6-9,12-15,20-21,34-35,37-40H,3-5H2,(H4-,24,25,28,29,30,31,36)/q+1/p+1/t8-,9-,12-,13-,14-,15-,20-,21-/m1/s1. The van der Waals surface area contributed by atoms with Crippen LogP contribution in [-0.2, 0) is 27.6 Å². The minimum atomic E-state index is -4.84. The maximum atomic E-state index is 12.3. The summed E-state index contributed by atoms with van der Waals surface area (Å²) in [7, 11) is -9.68. The van der Waals surface area contributed by atoms with Gasteiger partial charge in [-0.3, -0.25) is 18.9 Å². The van der Waals surface area contributed by atoms with Crippen molar-refractivity contribution >= 4 is 50.6 Å². The van der Waals surface area contributed by atoms with Crippen LogP contribution in [0.5, 0.6) is 5.88 Å². The van der Waals surface area contributed by atoms with E-state index in [4.69, 9.17) is 50.2 Å². The predicted molar refractivity (Wildman–Crippen MR) is 161 cm³/mol. The van der Waals surface area contributed by atoms with Crippen LogP contribution in [-0.4, -0.2) is 125 Å². The normalized spacial score (nSPS) is 31.4. The number of nitrogen functional groups attached to an aromatic ring is 2. The van der Waals surface area contributed by atoms with Crippen LogP contribution < -0.4 is 21.8 Å². The summed E-state index contributed by atoms with van der Waals surface area (Å²) in [5.41, 5.74) is 10.7. The molecule has 3 aliphatic rings. The number of anilines is 2. The molecule has 24 nitrogen and oxygen atoms in total. The first-order chi connectivity index (χ1) is 23.2. The molecule has 0 aromatic carbocycles. The number of hydrogen-bond acceptors (Lipinski definition) is 21. The van der Waals surface area contributed by atoms with E-state index in [0.717, 1.165) is 10.9 Å². The second-order valence-electron chi connectivity index (χ2n) is 10.8. The van der Waals surface area contributed by atoms with E-state index in [1.165, 1.54) is 10.9 Å². The molecule has 3 saturated heterocycles. The van der Waals surface area contributed by atoms with Crippen molar-refractivity contribution in [3.63, 3.8) is 0 Å². The van der Waals surface area contributed by atoms with Crippen LogP contribution in [0.15, 0.2) is 17.4 Å². The number of rotatable bonds is 4. The molecule has 0 spiro atoms. The second-order valence-corrected chi connectivity index (χ2v) is 13.7. The molecule has 4 aromatic rings. The average molecular weight is 730 g/mol. The van der Waals surface area contributed by atoms with Crippen LogP contribution in [0.3, 0.4) is 0 Å². The van der Waals surface area contributed by atoms with Gasteiger partial charge in [-0.2, -0.15) is 43.6 Å². The van der Waals surface area contributed by atoms with Crippen molar-refractivity contribution in [1.29, 1.82) is 0 Å². The number of nitrogens with zero attached hydrogens (tertiary/aromatic N) is 7. The number of aliphatic hydroxyl groups is 2. The lowest BCUT2D eigenvalue weighted by Crippen LogP contribution is -2.40. The highest BCUT2D eigenvalue weighted by molar-refractivity contribution is 7.54. The molecule has 0 saturated carbocycles. The minimum Gasteiger partial charge on any atom is -0.463 e. The highest BCUT2D eigenvalue weighted by Crippen LogP contribution is 2.60. The number of aliphatic hydroxyl groups excluding tert-OH is 2. The van der Waals surface area contributed by atoms with E-state index < -0.39 is 84.2 Å². The summed E-state index contributed by atoms with van der Waals surface area (Å²) in [6, 6.07) is 0. The fraction of sp³-hybridized carbons (Fsp3) is 0.478. The SMILES string of the molecule is C#CCOc1nc(N)nc2c1ncn2[C@@H]1O[C@@H]2CO[P+](O)(O)O[C@H]3[C@@H](O)[C@H](n4cnc5c(=O)[nH]c(N)nc54)O[C@@H]3CO[P+](O)(O)O[C@H]2[C@H]1O. The number of aromatic nitrogens is 8. The molecule has 0 unspecified atom stereocenters. The van der Waals surface area contributed by atoms with Gasteiger partial charge >= 0.3 is 16.3 Å². The number of H-pyrrole nitrogens is 1. The number of aromatic amines is 1. The molecule has 4 aromatic heterocycles. The Morgan fingerprint density at radius 2 is 1.43 bits per heavy atom. The number of ether oxygens (including phenoxy) is 3. The van der Waals surface area contributed by atoms with Crippen LogP contribution in [0.25, 0.3) is 22.3 Å². The van der Waals surface area contributed by atoms with E-state index in [1.54, 1.807) is 0 Å². The zero-order valence-corrected chi connectivity index (χ0v) is 26.4. The molecule has 26 heteroatoms. The van der Waals surface area contributed by atoms with E-state index in [0.29, 0.717) is 0 Å². The van der Waals surface area contributed by atoms with Crippen molar-refractivity contribution in [3.05, 3.63) is 23.0 Å². The van der Waals surface area contributed by atoms with Crippen molar-refractivity contribution < 1.29 is 62.1 Å². The third-order valence-corrected chi connectivity index (χ3v) is 9.66. The minimum absolute atomic E-state index is 0.0308. The lowest BCUT2D eigenvalue weighted by molar-refractivity contribution is -0.0747.